The molecule has 1 fully saturated rings. The molecule has 3 rings (SSSR count). The fourth-order valence-electron chi connectivity index (χ4n) is 3.16. The number of nitrogens with one attached hydrogen (secondary N) is 1. The van der Waals surface area contributed by atoms with E-state index in [2.05, 4.69) is 16.3 Å². The first-order valence-corrected chi connectivity index (χ1v) is 8.38. The number of carbonyl (C=O) groups excluding carboxylic acids is 1. The number of aryl methyl sites for hydroxylation is 1. The number of hydrogen-bond acceptors (Lipinski definition) is 3. The Kier molecular flexibility index (Phi) is 4.97. The van der Waals surface area contributed by atoms with Crippen LogP contribution < -0.4 is 5.32 Å². The summed E-state index contributed by atoms with van der Waals surface area (Å²) in [5.41, 5.74) is 2.81. The molecule has 1 saturated heterocycles. The summed E-state index contributed by atoms with van der Waals surface area (Å²) < 4.78 is 1.79. The second-order valence-electron chi connectivity index (χ2n) is 6.20. The highest BCUT2D eigenvalue weighted by molar-refractivity contribution is 5.95. The van der Waals surface area contributed by atoms with Crippen LogP contribution >= 0.6 is 0 Å². The van der Waals surface area contributed by atoms with Crippen molar-refractivity contribution >= 4 is 5.91 Å². The number of nitrogens with zero attached hydrogens (tertiary/aromatic N) is 3. The van der Waals surface area contributed by atoms with Crippen LogP contribution in [0.25, 0.3) is 5.69 Å². The van der Waals surface area contributed by atoms with Crippen molar-refractivity contribution in [1.82, 2.24) is 14.8 Å². The molecule has 24 heavy (non-hydrogen) atoms. The van der Waals surface area contributed by atoms with E-state index < -0.39 is 0 Å². The van der Waals surface area contributed by atoms with E-state index in [1.165, 1.54) is 12.8 Å². The quantitative estimate of drug-likeness (QED) is 0.920. The second kappa shape index (κ2) is 7.33. The Hall–Kier alpha value is -2.58. The predicted molar refractivity (Wildman–Crippen MR) is 93.2 cm³/mol. The zero-order chi connectivity index (χ0) is 16.9. The molecule has 1 aliphatic heterocycles. The zero-order valence-corrected chi connectivity index (χ0v) is 14.0. The molecular weight excluding hydrogens is 300 g/mol. The minimum Gasteiger partial charge on any atom is -0.349 e. The lowest BCUT2D eigenvalue weighted by Gasteiger charge is -2.15. The summed E-state index contributed by atoms with van der Waals surface area (Å²) >= 11 is 0. The molecule has 0 unspecified atom stereocenters. The molecule has 0 aliphatic carbocycles. The van der Waals surface area contributed by atoms with Crippen LogP contribution in [-0.4, -0.2) is 41.6 Å². The highest BCUT2D eigenvalue weighted by Gasteiger charge is 2.18. The van der Waals surface area contributed by atoms with Gasteiger partial charge in [0.25, 0.3) is 5.91 Å². The number of hydrogen-bond donors (Lipinski definition) is 1. The van der Waals surface area contributed by atoms with Gasteiger partial charge in [-0.2, -0.15) is 5.26 Å². The number of rotatable bonds is 5. The average Bonchev–Trinajstić information content (AvgIpc) is 3.24. The third kappa shape index (κ3) is 3.50. The highest BCUT2D eigenvalue weighted by Crippen LogP contribution is 2.18. The Bertz CT molecular complexity index is 766. The van der Waals surface area contributed by atoms with Crippen molar-refractivity contribution < 1.29 is 4.79 Å². The molecule has 5 heteroatoms. The molecule has 124 valence electrons. The first kappa shape index (κ1) is 16.3. The SMILES string of the molecule is Cc1cccc(-n2ccc(C#N)c2C(=O)NCCN2CCCC2)c1. The molecule has 2 heterocycles. The minimum atomic E-state index is -0.197. The topological polar surface area (TPSA) is 61.1 Å². The molecule has 0 atom stereocenters. The Morgan fingerprint density at radius 1 is 1.29 bits per heavy atom. The van der Waals surface area contributed by atoms with Crippen molar-refractivity contribution in [3.8, 4) is 11.8 Å². The summed E-state index contributed by atoms with van der Waals surface area (Å²) in [7, 11) is 0. The number of amides is 1. The molecule has 2 aromatic rings. The number of likely N-dealkylation sites (tertiary alicyclic amines) is 1. The van der Waals surface area contributed by atoms with Gasteiger partial charge in [0.2, 0.25) is 0 Å². The summed E-state index contributed by atoms with van der Waals surface area (Å²) in [4.78, 5) is 15.0. The molecule has 5 nitrogen and oxygen atoms in total. The molecule has 0 saturated carbocycles. The molecule has 0 spiro atoms. The lowest BCUT2D eigenvalue weighted by molar-refractivity contribution is 0.0942. The lowest BCUT2D eigenvalue weighted by atomic mass is 10.2. The number of benzene rings is 1. The van der Waals surface area contributed by atoms with Gasteiger partial charge in [-0.1, -0.05) is 12.1 Å². The molecule has 1 aromatic heterocycles. The van der Waals surface area contributed by atoms with Gasteiger partial charge in [-0.25, -0.2) is 0 Å². The summed E-state index contributed by atoms with van der Waals surface area (Å²) in [5, 5.41) is 12.3. The molecule has 0 bridgehead atoms. The van der Waals surface area contributed by atoms with Crippen molar-refractivity contribution in [1.29, 1.82) is 5.26 Å². The Balaban J connectivity index is 1.77. The molecule has 1 N–H and O–H groups in total. The third-order valence-corrected chi connectivity index (χ3v) is 4.41. The minimum absolute atomic E-state index is 0.197. The van der Waals surface area contributed by atoms with Gasteiger partial charge in [0.1, 0.15) is 11.8 Å². The van der Waals surface area contributed by atoms with E-state index in [0.717, 1.165) is 30.9 Å². The zero-order valence-electron chi connectivity index (χ0n) is 14.0. The fourth-order valence-corrected chi connectivity index (χ4v) is 3.16. The van der Waals surface area contributed by atoms with Gasteiger partial charge in [0.15, 0.2) is 0 Å². The van der Waals surface area contributed by atoms with Crippen molar-refractivity contribution in [2.24, 2.45) is 0 Å². The monoisotopic (exact) mass is 322 g/mol. The maximum Gasteiger partial charge on any atom is 0.269 e. The van der Waals surface area contributed by atoms with E-state index >= 15 is 0 Å². The maximum absolute atomic E-state index is 12.6. The largest absolute Gasteiger partial charge is 0.349 e. The predicted octanol–water partition coefficient (Wildman–Crippen LogP) is 2.48. The first-order valence-electron chi connectivity index (χ1n) is 8.38. The Labute approximate surface area is 142 Å². The molecule has 1 amide bonds. The lowest BCUT2D eigenvalue weighted by Crippen LogP contribution is -2.34. The summed E-state index contributed by atoms with van der Waals surface area (Å²) in [6.45, 7) is 5.69. The van der Waals surface area contributed by atoms with Crippen molar-refractivity contribution in [3.05, 3.63) is 53.3 Å². The number of carbonyl (C=O) groups is 1. The van der Waals surface area contributed by atoms with Crippen LogP contribution in [0.3, 0.4) is 0 Å². The van der Waals surface area contributed by atoms with Crippen molar-refractivity contribution in [2.75, 3.05) is 26.2 Å². The van der Waals surface area contributed by atoms with Crippen LogP contribution in [0.1, 0.15) is 34.5 Å². The Morgan fingerprint density at radius 3 is 2.79 bits per heavy atom. The van der Waals surface area contributed by atoms with Gasteiger partial charge in [-0.15, -0.1) is 0 Å². The van der Waals surface area contributed by atoms with Crippen LogP contribution in [0.2, 0.25) is 0 Å². The molecular formula is C19H22N4O. The van der Waals surface area contributed by atoms with E-state index in [0.29, 0.717) is 17.8 Å². The summed E-state index contributed by atoms with van der Waals surface area (Å²) in [6, 6.07) is 11.7. The van der Waals surface area contributed by atoms with Crippen LogP contribution in [-0.2, 0) is 0 Å². The number of aromatic nitrogens is 1. The second-order valence-corrected chi connectivity index (χ2v) is 6.20. The van der Waals surface area contributed by atoms with E-state index in [-0.39, 0.29) is 5.91 Å². The summed E-state index contributed by atoms with van der Waals surface area (Å²) in [5.74, 6) is -0.197. The van der Waals surface area contributed by atoms with Crippen LogP contribution in [0, 0.1) is 18.3 Å². The standard InChI is InChI=1S/C19H22N4O/c1-15-5-4-6-17(13-15)23-11-7-16(14-20)18(23)19(24)21-8-12-22-9-2-3-10-22/h4-7,11,13H,2-3,8-10,12H2,1H3,(H,21,24). The maximum atomic E-state index is 12.6. The normalized spacial score (nSPS) is 14.5. The van der Waals surface area contributed by atoms with Gasteiger partial charge in [0.05, 0.1) is 5.56 Å². The smallest absolute Gasteiger partial charge is 0.269 e. The van der Waals surface area contributed by atoms with Gasteiger partial charge in [-0.3, -0.25) is 4.79 Å². The first-order chi connectivity index (χ1) is 11.7. The van der Waals surface area contributed by atoms with Gasteiger partial charge < -0.3 is 14.8 Å². The van der Waals surface area contributed by atoms with Crippen LogP contribution in [0.4, 0.5) is 0 Å². The van der Waals surface area contributed by atoms with Crippen LogP contribution in [0.15, 0.2) is 36.5 Å². The fraction of sp³-hybridized carbons (Fsp3) is 0.368. The van der Waals surface area contributed by atoms with E-state index in [1.807, 2.05) is 31.2 Å². The van der Waals surface area contributed by atoms with E-state index in [9.17, 15) is 10.1 Å². The molecule has 1 aromatic carbocycles. The summed E-state index contributed by atoms with van der Waals surface area (Å²) in [6.07, 6.45) is 4.26. The molecule has 1 aliphatic rings. The Morgan fingerprint density at radius 2 is 2.08 bits per heavy atom. The molecule has 0 radical (unpaired) electrons. The third-order valence-electron chi connectivity index (χ3n) is 4.41. The van der Waals surface area contributed by atoms with E-state index in [4.69, 9.17) is 0 Å². The van der Waals surface area contributed by atoms with Gasteiger partial charge in [-0.05, 0) is 56.6 Å². The van der Waals surface area contributed by atoms with Crippen molar-refractivity contribution in [2.45, 2.75) is 19.8 Å². The van der Waals surface area contributed by atoms with Crippen LogP contribution in [0.5, 0.6) is 0 Å². The number of nitriles is 1. The van der Waals surface area contributed by atoms with Gasteiger partial charge in [0, 0.05) is 25.0 Å². The van der Waals surface area contributed by atoms with Gasteiger partial charge >= 0.3 is 0 Å². The average molecular weight is 322 g/mol. The highest BCUT2D eigenvalue weighted by atomic mass is 16.1. The van der Waals surface area contributed by atoms with E-state index in [1.54, 1.807) is 16.8 Å². The van der Waals surface area contributed by atoms with Crippen molar-refractivity contribution in [3.63, 3.8) is 0 Å².